The van der Waals surface area contributed by atoms with Gasteiger partial charge >= 0.3 is 0 Å². The molecule has 4 heterocycles. The van der Waals surface area contributed by atoms with E-state index >= 15 is 0 Å². The second-order valence-electron chi connectivity index (χ2n) is 6.72. The van der Waals surface area contributed by atoms with Crippen molar-refractivity contribution >= 4 is 5.82 Å². The lowest BCUT2D eigenvalue weighted by molar-refractivity contribution is 0.497. The molecule has 1 saturated heterocycles. The predicted octanol–water partition coefficient (Wildman–Crippen LogP) is 3.33. The van der Waals surface area contributed by atoms with Gasteiger partial charge < -0.3 is 4.90 Å². The second kappa shape index (κ2) is 7.15. The molecule has 0 amide bonds. The molecule has 1 aliphatic heterocycles. The van der Waals surface area contributed by atoms with Gasteiger partial charge in [-0.1, -0.05) is 6.07 Å². The smallest absolute Gasteiger partial charge is 0.180 e. The standard InChI is InChI=1S/C20H22N6/c1-14-12-19(25-20(23-14)18-7-3-4-9-22-18)26-11-5-6-16(13-26)17-8-10-21-15(2)24-17/h3-4,7-10,12,16H,5-6,11,13H2,1-2H3. The number of aromatic nitrogens is 5. The number of nitrogens with zero attached hydrogens (tertiary/aromatic N) is 6. The monoisotopic (exact) mass is 346 g/mol. The highest BCUT2D eigenvalue weighted by Gasteiger charge is 2.24. The Balaban J connectivity index is 1.62. The van der Waals surface area contributed by atoms with Gasteiger partial charge in [0.1, 0.15) is 17.3 Å². The van der Waals surface area contributed by atoms with Crippen molar-refractivity contribution in [1.29, 1.82) is 0 Å². The van der Waals surface area contributed by atoms with Crippen LogP contribution in [0.25, 0.3) is 11.5 Å². The number of aryl methyl sites for hydroxylation is 2. The first-order chi connectivity index (χ1) is 12.7. The van der Waals surface area contributed by atoms with Crippen molar-refractivity contribution in [2.75, 3.05) is 18.0 Å². The summed E-state index contributed by atoms with van der Waals surface area (Å²) in [6.07, 6.45) is 5.89. The highest BCUT2D eigenvalue weighted by molar-refractivity contribution is 5.54. The molecule has 26 heavy (non-hydrogen) atoms. The van der Waals surface area contributed by atoms with Crippen LogP contribution in [0.15, 0.2) is 42.7 Å². The van der Waals surface area contributed by atoms with Crippen LogP contribution in [0, 0.1) is 13.8 Å². The number of piperidine rings is 1. The summed E-state index contributed by atoms with van der Waals surface area (Å²) in [5, 5.41) is 0. The van der Waals surface area contributed by atoms with Gasteiger partial charge in [-0.25, -0.2) is 19.9 Å². The quantitative estimate of drug-likeness (QED) is 0.725. The zero-order valence-electron chi connectivity index (χ0n) is 15.1. The summed E-state index contributed by atoms with van der Waals surface area (Å²) in [7, 11) is 0. The Morgan fingerprint density at radius 2 is 1.92 bits per heavy atom. The van der Waals surface area contributed by atoms with E-state index in [1.54, 1.807) is 6.20 Å². The summed E-state index contributed by atoms with van der Waals surface area (Å²) in [4.78, 5) is 24.9. The highest BCUT2D eigenvalue weighted by Crippen LogP contribution is 2.29. The van der Waals surface area contributed by atoms with Gasteiger partial charge in [0.15, 0.2) is 5.82 Å². The second-order valence-corrected chi connectivity index (χ2v) is 6.72. The van der Waals surface area contributed by atoms with E-state index in [0.717, 1.165) is 54.7 Å². The lowest BCUT2D eigenvalue weighted by Crippen LogP contribution is -2.35. The van der Waals surface area contributed by atoms with Crippen molar-refractivity contribution in [3.63, 3.8) is 0 Å². The highest BCUT2D eigenvalue weighted by atomic mass is 15.2. The van der Waals surface area contributed by atoms with E-state index in [2.05, 4.69) is 30.9 Å². The number of rotatable bonds is 3. The van der Waals surface area contributed by atoms with Crippen LogP contribution in [0.4, 0.5) is 5.82 Å². The van der Waals surface area contributed by atoms with E-state index in [0.29, 0.717) is 11.7 Å². The SMILES string of the molecule is Cc1cc(N2CCCC(c3ccnc(C)n3)C2)nc(-c2ccccn2)n1. The Hall–Kier alpha value is -2.89. The number of anilines is 1. The molecule has 1 fully saturated rings. The first kappa shape index (κ1) is 16.6. The van der Waals surface area contributed by atoms with Crippen LogP contribution in [0.1, 0.15) is 36.0 Å². The maximum absolute atomic E-state index is 4.79. The number of hydrogen-bond donors (Lipinski definition) is 0. The molecule has 4 rings (SSSR count). The Bertz CT molecular complexity index is 896. The third-order valence-electron chi connectivity index (χ3n) is 4.70. The zero-order valence-corrected chi connectivity index (χ0v) is 15.1. The largest absolute Gasteiger partial charge is 0.356 e. The molecule has 132 valence electrons. The number of pyridine rings is 1. The summed E-state index contributed by atoms with van der Waals surface area (Å²) in [5.41, 5.74) is 2.88. The molecule has 0 aromatic carbocycles. The summed E-state index contributed by atoms with van der Waals surface area (Å²) in [5.74, 6) is 2.88. The average molecular weight is 346 g/mol. The van der Waals surface area contributed by atoms with Gasteiger partial charge in [0.25, 0.3) is 0 Å². The van der Waals surface area contributed by atoms with E-state index in [1.165, 1.54) is 0 Å². The van der Waals surface area contributed by atoms with Crippen molar-refractivity contribution in [2.24, 2.45) is 0 Å². The fourth-order valence-corrected chi connectivity index (χ4v) is 3.45. The minimum absolute atomic E-state index is 0.402. The molecule has 0 N–H and O–H groups in total. The van der Waals surface area contributed by atoms with Crippen LogP contribution in [-0.4, -0.2) is 38.0 Å². The molecular formula is C20H22N6. The molecular weight excluding hydrogens is 324 g/mol. The summed E-state index contributed by atoms with van der Waals surface area (Å²) >= 11 is 0. The van der Waals surface area contributed by atoms with Crippen molar-refractivity contribution < 1.29 is 0 Å². The van der Waals surface area contributed by atoms with Crippen LogP contribution in [0.5, 0.6) is 0 Å². The topological polar surface area (TPSA) is 67.7 Å². The average Bonchev–Trinajstić information content (AvgIpc) is 2.68. The molecule has 1 unspecified atom stereocenters. The Morgan fingerprint density at radius 1 is 1.00 bits per heavy atom. The Morgan fingerprint density at radius 3 is 2.73 bits per heavy atom. The van der Waals surface area contributed by atoms with Crippen LogP contribution in [-0.2, 0) is 0 Å². The van der Waals surface area contributed by atoms with Crippen LogP contribution in [0.3, 0.4) is 0 Å². The molecule has 6 heteroatoms. The summed E-state index contributed by atoms with van der Waals surface area (Å²) < 4.78 is 0. The molecule has 6 nitrogen and oxygen atoms in total. The molecule has 0 bridgehead atoms. The van der Waals surface area contributed by atoms with Crippen LogP contribution in [0.2, 0.25) is 0 Å². The van der Waals surface area contributed by atoms with Gasteiger partial charge in [0, 0.05) is 48.9 Å². The molecule has 0 spiro atoms. The maximum atomic E-state index is 4.79. The molecule has 3 aromatic rings. The molecule has 0 radical (unpaired) electrons. The molecule has 0 saturated carbocycles. The van der Waals surface area contributed by atoms with Crippen molar-refractivity contribution in [1.82, 2.24) is 24.9 Å². The first-order valence-corrected chi connectivity index (χ1v) is 9.00. The summed E-state index contributed by atoms with van der Waals surface area (Å²) in [6, 6.07) is 9.90. The van der Waals surface area contributed by atoms with Crippen LogP contribution < -0.4 is 4.90 Å². The van der Waals surface area contributed by atoms with Gasteiger partial charge in [-0.3, -0.25) is 4.98 Å². The minimum Gasteiger partial charge on any atom is -0.356 e. The third-order valence-corrected chi connectivity index (χ3v) is 4.70. The van der Waals surface area contributed by atoms with Gasteiger partial charge in [-0.2, -0.15) is 0 Å². The summed E-state index contributed by atoms with van der Waals surface area (Å²) in [6.45, 7) is 5.86. The van der Waals surface area contributed by atoms with Gasteiger partial charge in [0.05, 0.1) is 0 Å². The van der Waals surface area contributed by atoms with Crippen molar-refractivity contribution in [3.8, 4) is 11.5 Å². The van der Waals surface area contributed by atoms with E-state index < -0.39 is 0 Å². The van der Waals surface area contributed by atoms with Gasteiger partial charge in [0.2, 0.25) is 0 Å². The van der Waals surface area contributed by atoms with Crippen molar-refractivity contribution in [3.05, 3.63) is 59.9 Å². The van der Waals surface area contributed by atoms with Gasteiger partial charge in [-0.15, -0.1) is 0 Å². The molecule has 0 aliphatic carbocycles. The Kier molecular flexibility index (Phi) is 4.56. The van der Waals surface area contributed by atoms with E-state index in [1.807, 2.05) is 44.3 Å². The molecule has 3 aromatic heterocycles. The van der Waals surface area contributed by atoms with Crippen LogP contribution >= 0.6 is 0 Å². The van der Waals surface area contributed by atoms with E-state index in [9.17, 15) is 0 Å². The first-order valence-electron chi connectivity index (χ1n) is 9.00. The predicted molar refractivity (Wildman–Crippen MR) is 101 cm³/mol. The number of hydrogen-bond acceptors (Lipinski definition) is 6. The fourth-order valence-electron chi connectivity index (χ4n) is 3.45. The Labute approximate surface area is 153 Å². The van der Waals surface area contributed by atoms with E-state index in [-0.39, 0.29) is 0 Å². The van der Waals surface area contributed by atoms with E-state index in [4.69, 9.17) is 4.98 Å². The fraction of sp³-hybridized carbons (Fsp3) is 0.350. The van der Waals surface area contributed by atoms with Gasteiger partial charge in [-0.05, 0) is 44.9 Å². The lowest BCUT2D eigenvalue weighted by atomic mass is 9.94. The molecule has 1 aliphatic rings. The maximum Gasteiger partial charge on any atom is 0.180 e. The normalized spacial score (nSPS) is 17.3. The molecule has 1 atom stereocenters. The van der Waals surface area contributed by atoms with Crippen molar-refractivity contribution in [2.45, 2.75) is 32.6 Å². The lowest BCUT2D eigenvalue weighted by Gasteiger charge is -2.33. The zero-order chi connectivity index (χ0) is 17.9. The minimum atomic E-state index is 0.402. The third kappa shape index (κ3) is 3.54.